The van der Waals surface area contributed by atoms with Gasteiger partial charge in [-0.25, -0.2) is 0 Å². The first-order valence-electron chi connectivity index (χ1n) is 5.23. The molecule has 0 amide bonds. The van der Waals surface area contributed by atoms with Crippen molar-refractivity contribution in [2.75, 3.05) is 23.7 Å². The number of nitrogens with two attached hydrogens (primary N) is 1. The zero-order valence-electron chi connectivity index (χ0n) is 10.5. The minimum atomic E-state index is -9.19. The maximum absolute atomic E-state index is 9.91. The maximum atomic E-state index is 9.91. The Balaban J connectivity index is 0. The standard InChI is InChI=1S/C10H16N2.6FH.Sb/c1-3-12(4-2)10-7-5-9(11)6-8-10;;;;;;;/h5-8H,3-4,11H2,1-2H3;6*1H;/q;;;;;;;+5/p-6. The summed E-state index contributed by atoms with van der Waals surface area (Å²) in [5.41, 5.74) is 7.66. The predicted molar refractivity (Wildman–Crippen MR) is 65.7 cm³/mol. The molecule has 2 nitrogen and oxygen atoms in total. The van der Waals surface area contributed by atoms with Gasteiger partial charge in [0.05, 0.1) is 0 Å². The molecule has 1 rings (SSSR count). The van der Waals surface area contributed by atoms with Crippen molar-refractivity contribution in [2.45, 2.75) is 13.8 Å². The molecule has 1 aromatic carbocycles. The zero-order chi connectivity index (χ0) is 14.4. The Morgan fingerprint density at radius 1 is 0.947 bits per heavy atom. The molecule has 0 spiro atoms. The molecular weight excluding hydrogens is 384 g/mol. The first-order valence-corrected chi connectivity index (χ1v) is 10.0. The summed E-state index contributed by atoms with van der Waals surface area (Å²) >= 11 is -9.19. The van der Waals surface area contributed by atoms with E-state index in [-0.39, 0.29) is 4.70 Å². The number of nitrogens with zero attached hydrogens (tertiary/aromatic N) is 1. The fourth-order valence-corrected chi connectivity index (χ4v) is 1.27. The summed E-state index contributed by atoms with van der Waals surface area (Å²) in [5.74, 6) is 0. The fourth-order valence-electron chi connectivity index (χ4n) is 1.27. The van der Waals surface area contributed by atoms with Gasteiger partial charge < -0.3 is 15.3 Å². The molecule has 0 aliphatic rings. The number of halogens is 6. The van der Waals surface area contributed by atoms with Crippen LogP contribution < -0.4 is 15.3 Å². The van der Waals surface area contributed by atoms with Crippen LogP contribution in [0.5, 0.6) is 0 Å². The molecule has 0 saturated heterocycles. The van der Waals surface area contributed by atoms with E-state index in [1.54, 1.807) is 0 Å². The summed E-state index contributed by atoms with van der Waals surface area (Å²) < 4.78 is 49.6. The molecule has 9 heteroatoms. The average molecular weight is 400 g/mol. The van der Waals surface area contributed by atoms with Gasteiger partial charge in [0.15, 0.2) is 0 Å². The SMILES string of the molecule is CCN(CC)c1ccc(N)cc1.[F-].[F][Sb]([F])([F])([F])[F]. The average Bonchev–Trinajstić information content (AvgIpc) is 2.19. The van der Waals surface area contributed by atoms with E-state index < -0.39 is 20.3 Å². The summed E-state index contributed by atoms with van der Waals surface area (Å²) in [4.78, 5) is 2.29. The van der Waals surface area contributed by atoms with Crippen LogP contribution in [0.25, 0.3) is 0 Å². The number of nitrogen functional groups attached to an aromatic ring is 1. The molecule has 0 atom stereocenters. The Hall–Kier alpha value is -0.782. The molecule has 114 valence electrons. The van der Waals surface area contributed by atoms with E-state index in [1.807, 2.05) is 12.1 Å². The summed E-state index contributed by atoms with van der Waals surface area (Å²) in [5, 5.41) is 0. The molecule has 0 fully saturated rings. The van der Waals surface area contributed by atoms with Crippen LogP contribution in [-0.2, 0) is 0 Å². The normalized spacial score (nSPS) is 12.3. The molecule has 0 aliphatic carbocycles. The van der Waals surface area contributed by atoms with Gasteiger partial charge in [0.25, 0.3) is 0 Å². The van der Waals surface area contributed by atoms with Crippen LogP contribution in [0.4, 0.5) is 25.4 Å². The molecule has 0 aromatic heterocycles. The quantitative estimate of drug-likeness (QED) is 0.463. The summed E-state index contributed by atoms with van der Waals surface area (Å²) in [7, 11) is 0. The van der Waals surface area contributed by atoms with Crippen molar-refractivity contribution in [3.8, 4) is 0 Å². The van der Waals surface area contributed by atoms with E-state index in [1.165, 1.54) is 5.69 Å². The number of anilines is 2. The zero-order valence-corrected chi connectivity index (χ0v) is 13.0. The topological polar surface area (TPSA) is 29.3 Å². The van der Waals surface area contributed by atoms with Gasteiger partial charge in [-0.05, 0) is 38.1 Å². The van der Waals surface area contributed by atoms with Gasteiger partial charge in [-0.1, -0.05) is 0 Å². The van der Waals surface area contributed by atoms with Crippen molar-refractivity contribution >= 4 is 31.7 Å². The van der Waals surface area contributed by atoms with Gasteiger partial charge in [0.1, 0.15) is 0 Å². The monoisotopic (exact) mass is 399 g/mol. The van der Waals surface area contributed by atoms with Crippen molar-refractivity contribution in [1.82, 2.24) is 0 Å². The van der Waals surface area contributed by atoms with Gasteiger partial charge in [0, 0.05) is 24.5 Å². The van der Waals surface area contributed by atoms with E-state index in [0.717, 1.165) is 18.8 Å². The Kier molecular flexibility index (Phi) is 8.35. The van der Waals surface area contributed by atoms with Gasteiger partial charge in [0.2, 0.25) is 0 Å². The molecule has 0 heterocycles. The molecule has 0 saturated carbocycles. The molecule has 0 radical (unpaired) electrons. The molecular formula is C10H16F6N2Sb-. The van der Waals surface area contributed by atoms with Gasteiger partial charge in [-0.3, -0.25) is 0 Å². The Morgan fingerprint density at radius 2 is 1.26 bits per heavy atom. The van der Waals surface area contributed by atoms with Crippen LogP contribution >= 0.6 is 0 Å². The van der Waals surface area contributed by atoms with Crippen LogP contribution in [-0.4, -0.2) is 33.4 Å². The summed E-state index contributed by atoms with van der Waals surface area (Å²) in [6, 6.07) is 7.99. The molecule has 0 unspecified atom stereocenters. The third-order valence-corrected chi connectivity index (χ3v) is 2.02. The van der Waals surface area contributed by atoms with Crippen LogP contribution in [0.1, 0.15) is 13.8 Å². The van der Waals surface area contributed by atoms with Crippen LogP contribution in [0.3, 0.4) is 0 Å². The van der Waals surface area contributed by atoms with Crippen LogP contribution in [0, 0.1) is 0 Å². The summed E-state index contributed by atoms with van der Waals surface area (Å²) in [6.07, 6.45) is 0. The van der Waals surface area contributed by atoms with Crippen LogP contribution in [0.2, 0.25) is 0 Å². The molecule has 0 bridgehead atoms. The van der Waals surface area contributed by atoms with Crippen molar-refractivity contribution in [3.63, 3.8) is 0 Å². The number of benzene rings is 1. The van der Waals surface area contributed by atoms with E-state index in [0.29, 0.717) is 0 Å². The Bertz CT molecular complexity index is 342. The first kappa shape index (κ1) is 20.5. The second-order valence-electron chi connectivity index (χ2n) is 3.40. The molecule has 2 N–H and O–H groups in total. The predicted octanol–water partition coefficient (Wildman–Crippen LogP) is 0.839. The molecule has 19 heavy (non-hydrogen) atoms. The van der Waals surface area contributed by atoms with Crippen molar-refractivity contribution < 1.29 is 18.8 Å². The van der Waals surface area contributed by atoms with Crippen molar-refractivity contribution in [2.24, 2.45) is 0 Å². The third-order valence-electron chi connectivity index (χ3n) is 2.02. The number of rotatable bonds is 3. The van der Waals surface area contributed by atoms with E-state index >= 15 is 0 Å². The molecule has 0 aliphatic heterocycles. The Labute approximate surface area is 112 Å². The second kappa shape index (κ2) is 7.72. The van der Waals surface area contributed by atoms with E-state index in [4.69, 9.17) is 5.73 Å². The second-order valence-corrected chi connectivity index (χ2v) is 7.05. The Morgan fingerprint density at radius 3 is 1.53 bits per heavy atom. The van der Waals surface area contributed by atoms with E-state index in [2.05, 4.69) is 30.9 Å². The first-order chi connectivity index (χ1) is 8.01. The van der Waals surface area contributed by atoms with Gasteiger partial charge in [-0.2, -0.15) is 0 Å². The van der Waals surface area contributed by atoms with E-state index in [9.17, 15) is 14.1 Å². The summed E-state index contributed by atoms with van der Waals surface area (Å²) in [6.45, 7) is 6.39. The number of hydrogen-bond acceptors (Lipinski definition) is 2. The molecule has 1 aromatic rings. The van der Waals surface area contributed by atoms with Crippen molar-refractivity contribution in [3.05, 3.63) is 24.3 Å². The fraction of sp³-hybridized carbons (Fsp3) is 0.400. The minimum absolute atomic E-state index is 0. The van der Waals surface area contributed by atoms with Gasteiger partial charge in [-0.15, -0.1) is 0 Å². The third kappa shape index (κ3) is 13.5. The van der Waals surface area contributed by atoms with Gasteiger partial charge >= 0.3 is 34.4 Å². The number of hydrogen-bond donors (Lipinski definition) is 1. The van der Waals surface area contributed by atoms with Crippen molar-refractivity contribution in [1.29, 1.82) is 0 Å². The van der Waals surface area contributed by atoms with Crippen LogP contribution in [0.15, 0.2) is 24.3 Å².